The molecule has 2 N–H and O–H groups in total. The lowest BCUT2D eigenvalue weighted by Gasteiger charge is -2.18. The Hall–Kier alpha value is -3.48. The van der Waals surface area contributed by atoms with Gasteiger partial charge in [0.05, 0.1) is 6.61 Å². The maximum Gasteiger partial charge on any atom is 0.325 e. The van der Waals surface area contributed by atoms with Gasteiger partial charge in [0.1, 0.15) is 12.3 Å². The van der Waals surface area contributed by atoms with E-state index in [-0.39, 0.29) is 18.5 Å². The Morgan fingerprint density at radius 3 is 2.73 bits per heavy atom. The highest BCUT2D eigenvalue weighted by Gasteiger charge is 2.30. The van der Waals surface area contributed by atoms with E-state index in [1.807, 2.05) is 55.6 Å². The summed E-state index contributed by atoms with van der Waals surface area (Å²) in [5.74, 6) is 0.635. The predicted octanol–water partition coefficient (Wildman–Crippen LogP) is 3.17. The van der Waals surface area contributed by atoms with Crippen LogP contribution in [0.25, 0.3) is 10.9 Å². The van der Waals surface area contributed by atoms with Gasteiger partial charge in [-0.1, -0.05) is 18.2 Å². The van der Waals surface area contributed by atoms with Crippen LogP contribution in [0.1, 0.15) is 12.5 Å². The van der Waals surface area contributed by atoms with Crippen molar-refractivity contribution in [2.45, 2.75) is 13.3 Å². The van der Waals surface area contributed by atoms with Crippen molar-refractivity contribution in [1.82, 2.24) is 15.2 Å². The normalized spacial score (nSPS) is 13.8. The van der Waals surface area contributed by atoms with Crippen LogP contribution in [0.3, 0.4) is 0 Å². The molecule has 3 amide bonds. The summed E-state index contributed by atoms with van der Waals surface area (Å²) >= 11 is 0. The Bertz CT molecular complexity index is 1030. The van der Waals surface area contributed by atoms with Gasteiger partial charge in [-0.15, -0.1) is 0 Å². The average Bonchev–Trinajstić information content (AvgIpc) is 3.33. The zero-order valence-corrected chi connectivity index (χ0v) is 17.1. The molecule has 0 spiro atoms. The Kier molecular flexibility index (Phi) is 5.88. The summed E-state index contributed by atoms with van der Waals surface area (Å²) in [4.78, 5) is 31.6. The molecule has 7 nitrogen and oxygen atoms in total. The average molecular weight is 406 g/mol. The van der Waals surface area contributed by atoms with Crippen molar-refractivity contribution in [2.75, 3.05) is 37.7 Å². The van der Waals surface area contributed by atoms with E-state index in [4.69, 9.17) is 4.74 Å². The van der Waals surface area contributed by atoms with Gasteiger partial charge >= 0.3 is 6.03 Å². The van der Waals surface area contributed by atoms with Gasteiger partial charge in [-0.25, -0.2) is 4.79 Å². The van der Waals surface area contributed by atoms with E-state index in [0.29, 0.717) is 26.2 Å². The first-order valence-electron chi connectivity index (χ1n) is 10.3. The van der Waals surface area contributed by atoms with Crippen molar-refractivity contribution < 1.29 is 14.3 Å². The molecule has 3 aromatic rings. The van der Waals surface area contributed by atoms with Crippen LogP contribution in [-0.4, -0.2) is 54.6 Å². The van der Waals surface area contributed by atoms with Crippen LogP contribution in [0.15, 0.2) is 54.7 Å². The number of aromatic amines is 1. The van der Waals surface area contributed by atoms with Gasteiger partial charge in [-0.2, -0.15) is 0 Å². The SMILES string of the molecule is CCOc1ccc(N2CCN(CC(=O)NCCc3c[nH]c4ccccc34)C2=O)cc1. The summed E-state index contributed by atoms with van der Waals surface area (Å²) in [6.07, 6.45) is 2.72. The number of rotatable bonds is 8. The largest absolute Gasteiger partial charge is 0.494 e. The minimum absolute atomic E-state index is 0.0697. The molecule has 2 aromatic carbocycles. The monoisotopic (exact) mass is 406 g/mol. The molecule has 2 heterocycles. The van der Waals surface area contributed by atoms with E-state index >= 15 is 0 Å². The minimum atomic E-state index is -0.147. The van der Waals surface area contributed by atoms with Gasteiger partial charge < -0.3 is 19.9 Å². The number of carbonyl (C=O) groups excluding carboxylic acids is 2. The molecule has 1 saturated heterocycles. The first-order valence-corrected chi connectivity index (χ1v) is 10.3. The molecule has 1 aliphatic rings. The highest BCUT2D eigenvalue weighted by atomic mass is 16.5. The third-order valence-corrected chi connectivity index (χ3v) is 5.28. The highest BCUT2D eigenvalue weighted by Crippen LogP contribution is 2.23. The number of ether oxygens (including phenoxy) is 1. The molecule has 1 aromatic heterocycles. The van der Waals surface area contributed by atoms with Crippen LogP contribution in [0, 0.1) is 0 Å². The molecule has 1 fully saturated rings. The Morgan fingerprint density at radius 2 is 1.93 bits per heavy atom. The lowest BCUT2D eigenvalue weighted by atomic mass is 10.1. The summed E-state index contributed by atoms with van der Waals surface area (Å²) < 4.78 is 5.44. The van der Waals surface area contributed by atoms with Crippen molar-refractivity contribution in [3.8, 4) is 5.75 Å². The summed E-state index contributed by atoms with van der Waals surface area (Å²) in [6.45, 7) is 4.23. The number of nitrogens with zero attached hydrogens (tertiary/aromatic N) is 2. The number of fused-ring (bicyclic) bond motifs is 1. The zero-order chi connectivity index (χ0) is 20.9. The summed E-state index contributed by atoms with van der Waals surface area (Å²) in [6, 6.07) is 15.4. The first kappa shape index (κ1) is 19.8. The smallest absolute Gasteiger partial charge is 0.325 e. The lowest BCUT2D eigenvalue weighted by Crippen LogP contribution is -2.40. The van der Waals surface area contributed by atoms with Gasteiger partial charge in [-0.05, 0) is 49.2 Å². The molecule has 1 aliphatic heterocycles. The molecule has 0 bridgehead atoms. The standard InChI is InChI=1S/C23H26N4O3/c1-2-30-19-9-7-18(8-10-19)27-14-13-26(23(27)29)16-22(28)24-12-11-17-15-25-21-6-4-3-5-20(17)21/h3-10,15,25H,2,11-14,16H2,1H3,(H,24,28). The van der Waals surface area contributed by atoms with E-state index in [1.165, 1.54) is 10.9 Å². The number of carbonyl (C=O) groups is 2. The van der Waals surface area contributed by atoms with Crippen molar-refractivity contribution in [1.29, 1.82) is 0 Å². The minimum Gasteiger partial charge on any atom is -0.494 e. The maximum atomic E-state index is 12.7. The van der Waals surface area contributed by atoms with E-state index in [9.17, 15) is 9.59 Å². The van der Waals surface area contributed by atoms with E-state index < -0.39 is 0 Å². The molecule has 30 heavy (non-hydrogen) atoms. The quantitative estimate of drug-likeness (QED) is 0.603. The third-order valence-electron chi connectivity index (χ3n) is 5.28. The summed E-state index contributed by atoms with van der Waals surface area (Å²) in [5.41, 5.74) is 3.08. The molecule has 156 valence electrons. The van der Waals surface area contributed by atoms with E-state index in [1.54, 1.807) is 9.80 Å². The number of nitrogens with one attached hydrogen (secondary N) is 2. The maximum absolute atomic E-state index is 12.7. The lowest BCUT2D eigenvalue weighted by molar-refractivity contribution is -0.121. The number of anilines is 1. The second-order valence-corrected chi connectivity index (χ2v) is 7.24. The van der Waals surface area contributed by atoms with Gasteiger partial charge in [0.15, 0.2) is 0 Å². The molecule has 0 atom stereocenters. The number of urea groups is 1. The zero-order valence-electron chi connectivity index (χ0n) is 17.1. The van der Waals surface area contributed by atoms with E-state index in [2.05, 4.69) is 16.4 Å². The molecule has 7 heteroatoms. The van der Waals surface area contributed by atoms with Crippen LogP contribution in [0.2, 0.25) is 0 Å². The predicted molar refractivity (Wildman–Crippen MR) is 117 cm³/mol. The van der Waals surface area contributed by atoms with Crippen LogP contribution in [0.5, 0.6) is 5.75 Å². The second kappa shape index (κ2) is 8.90. The molecule has 0 saturated carbocycles. The number of H-pyrrole nitrogens is 1. The Balaban J connectivity index is 1.27. The summed E-state index contributed by atoms with van der Waals surface area (Å²) in [5, 5.41) is 4.10. The van der Waals surface area contributed by atoms with Crippen LogP contribution in [-0.2, 0) is 11.2 Å². The highest BCUT2D eigenvalue weighted by molar-refractivity contribution is 5.96. The summed E-state index contributed by atoms with van der Waals surface area (Å²) in [7, 11) is 0. The van der Waals surface area contributed by atoms with Crippen molar-refractivity contribution >= 4 is 28.5 Å². The van der Waals surface area contributed by atoms with Crippen molar-refractivity contribution in [3.63, 3.8) is 0 Å². The molecular weight excluding hydrogens is 380 g/mol. The fourth-order valence-corrected chi connectivity index (χ4v) is 3.76. The molecule has 4 rings (SSSR count). The number of aromatic nitrogens is 1. The van der Waals surface area contributed by atoms with Gasteiger partial charge in [-0.3, -0.25) is 9.69 Å². The number of benzene rings is 2. The molecule has 0 aliphatic carbocycles. The number of para-hydroxylation sites is 1. The fourth-order valence-electron chi connectivity index (χ4n) is 3.76. The van der Waals surface area contributed by atoms with E-state index in [0.717, 1.165) is 23.4 Å². The van der Waals surface area contributed by atoms with Gasteiger partial charge in [0.25, 0.3) is 0 Å². The van der Waals surface area contributed by atoms with Crippen molar-refractivity contribution in [3.05, 3.63) is 60.3 Å². The van der Waals surface area contributed by atoms with Gasteiger partial charge in [0, 0.05) is 42.4 Å². The fraction of sp³-hybridized carbons (Fsp3) is 0.304. The second-order valence-electron chi connectivity index (χ2n) is 7.24. The van der Waals surface area contributed by atoms with Crippen LogP contribution >= 0.6 is 0 Å². The first-order chi connectivity index (χ1) is 14.7. The molecule has 0 radical (unpaired) electrons. The van der Waals surface area contributed by atoms with Crippen LogP contribution in [0.4, 0.5) is 10.5 Å². The topological polar surface area (TPSA) is 77.7 Å². The number of hydrogen-bond donors (Lipinski definition) is 2. The Morgan fingerprint density at radius 1 is 1.13 bits per heavy atom. The van der Waals surface area contributed by atoms with Crippen molar-refractivity contribution in [2.24, 2.45) is 0 Å². The van der Waals surface area contributed by atoms with Crippen LogP contribution < -0.4 is 15.0 Å². The number of hydrogen-bond acceptors (Lipinski definition) is 3. The Labute approximate surface area is 175 Å². The molecule has 0 unspecified atom stereocenters. The third kappa shape index (κ3) is 4.25. The van der Waals surface area contributed by atoms with Gasteiger partial charge in [0.2, 0.25) is 5.91 Å². The molecular formula is C23H26N4O3. The number of amides is 3.